The zero-order valence-electron chi connectivity index (χ0n) is 19.9. The molecule has 2 heterocycles. The van der Waals surface area contributed by atoms with E-state index >= 15 is 0 Å². The van der Waals surface area contributed by atoms with E-state index in [0.717, 1.165) is 49.9 Å². The molecule has 34 heavy (non-hydrogen) atoms. The van der Waals surface area contributed by atoms with Gasteiger partial charge in [0.25, 0.3) is 5.91 Å². The third-order valence-electron chi connectivity index (χ3n) is 7.22. The lowest BCUT2D eigenvalue weighted by atomic mass is 9.89. The molecule has 0 radical (unpaired) electrons. The van der Waals surface area contributed by atoms with E-state index in [9.17, 15) is 9.59 Å². The van der Waals surface area contributed by atoms with Crippen LogP contribution in [0.4, 0.5) is 5.69 Å². The predicted octanol–water partition coefficient (Wildman–Crippen LogP) is 3.85. The highest BCUT2D eigenvalue weighted by Gasteiger charge is 2.42. The van der Waals surface area contributed by atoms with E-state index in [2.05, 4.69) is 17.0 Å². The highest BCUT2D eigenvalue weighted by molar-refractivity contribution is 5.98. The Hall–Kier alpha value is -3.28. The van der Waals surface area contributed by atoms with Gasteiger partial charge < -0.3 is 19.4 Å². The number of fused-ring (bicyclic) bond motifs is 1. The highest BCUT2D eigenvalue weighted by Crippen LogP contribution is 2.33. The Bertz CT molecular complexity index is 1060. The molecule has 2 aliphatic heterocycles. The molecule has 5 rings (SSSR count). The number of ether oxygens (including phenoxy) is 1. The second-order valence-electron chi connectivity index (χ2n) is 9.57. The zero-order valence-corrected chi connectivity index (χ0v) is 19.9. The summed E-state index contributed by atoms with van der Waals surface area (Å²) in [6, 6.07) is 18.3. The van der Waals surface area contributed by atoms with Gasteiger partial charge >= 0.3 is 0 Å². The van der Waals surface area contributed by atoms with Crippen LogP contribution in [0.3, 0.4) is 0 Å². The first-order valence-electron chi connectivity index (χ1n) is 12.4. The summed E-state index contributed by atoms with van der Waals surface area (Å²) in [6.07, 6.45) is 5.76. The Labute approximate surface area is 201 Å². The topological polar surface area (TPSA) is 53.1 Å². The monoisotopic (exact) mass is 459 g/mol. The van der Waals surface area contributed by atoms with Crippen LogP contribution in [0.25, 0.3) is 6.08 Å². The zero-order chi connectivity index (χ0) is 23.5. The van der Waals surface area contributed by atoms with Gasteiger partial charge in [-0.2, -0.15) is 0 Å². The van der Waals surface area contributed by atoms with Crippen molar-refractivity contribution in [2.75, 3.05) is 37.6 Å². The lowest BCUT2D eigenvalue weighted by Gasteiger charge is -2.45. The van der Waals surface area contributed by atoms with Gasteiger partial charge in [0.2, 0.25) is 5.91 Å². The average molecular weight is 460 g/mol. The average Bonchev–Trinajstić information content (AvgIpc) is 2.87. The molecule has 3 fully saturated rings. The van der Waals surface area contributed by atoms with E-state index in [-0.39, 0.29) is 30.5 Å². The van der Waals surface area contributed by atoms with Crippen LogP contribution < -0.4 is 4.90 Å². The van der Waals surface area contributed by atoms with Gasteiger partial charge in [-0.25, -0.2) is 0 Å². The molecule has 1 saturated carbocycles. The lowest BCUT2D eigenvalue weighted by molar-refractivity contribution is -0.154. The molecule has 2 amide bonds. The second kappa shape index (κ2) is 9.92. The number of para-hydroxylation sites is 1. The van der Waals surface area contributed by atoms with Crippen molar-refractivity contribution in [2.24, 2.45) is 0 Å². The molecule has 2 aromatic rings. The molecule has 0 bridgehead atoms. The fourth-order valence-corrected chi connectivity index (χ4v) is 5.37. The van der Waals surface area contributed by atoms with Gasteiger partial charge in [-0.15, -0.1) is 0 Å². The van der Waals surface area contributed by atoms with E-state index in [0.29, 0.717) is 18.8 Å². The summed E-state index contributed by atoms with van der Waals surface area (Å²) in [4.78, 5) is 32.8. The minimum absolute atomic E-state index is 0.0227. The van der Waals surface area contributed by atoms with Crippen LogP contribution in [0.1, 0.15) is 36.8 Å². The summed E-state index contributed by atoms with van der Waals surface area (Å²) < 4.78 is 6.21. The third kappa shape index (κ3) is 4.81. The smallest absolute Gasteiger partial charge is 0.289 e. The van der Waals surface area contributed by atoms with Crippen LogP contribution in [-0.4, -0.2) is 66.5 Å². The number of piperazine rings is 1. The first-order valence-corrected chi connectivity index (χ1v) is 12.4. The van der Waals surface area contributed by atoms with Gasteiger partial charge in [0.15, 0.2) is 5.76 Å². The van der Waals surface area contributed by atoms with Crippen LogP contribution in [0, 0.1) is 6.92 Å². The molecule has 6 nitrogen and oxygen atoms in total. The Morgan fingerprint density at radius 3 is 2.53 bits per heavy atom. The highest BCUT2D eigenvalue weighted by atomic mass is 16.5. The van der Waals surface area contributed by atoms with Crippen LogP contribution >= 0.6 is 0 Å². The Morgan fingerprint density at radius 1 is 1.00 bits per heavy atom. The first-order chi connectivity index (χ1) is 16.6. The Balaban J connectivity index is 1.29. The van der Waals surface area contributed by atoms with E-state index < -0.39 is 0 Å². The lowest BCUT2D eigenvalue weighted by Crippen LogP contribution is -2.58. The van der Waals surface area contributed by atoms with Crippen molar-refractivity contribution in [2.45, 2.75) is 44.8 Å². The van der Waals surface area contributed by atoms with E-state index in [4.69, 9.17) is 4.74 Å². The van der Waals surface area contributed by atoms with Gasteiger partial charge in [-0.3, -0.25) is 9.59 Å². The summed E-state index contributed by atoms with van der Waals surface area (Å²) in [6.45, 7) is 5.11. The number of aryl methyl sites for hydroxylation is 1. The molecule has 0 spiro atoms. The largest absolute Gasteiger partial charge is 0.482 e. The van der Waals surface area contributed by atoms with Gasteiger partial charge in [-0.1, -0.05) is 54.4 Å². The molecule has 0 aromatic heterocycles. The standard InChI is InChI=1S/C28H33N3O3/c1-21-8-7-9-22(18-21)19-26-28(33)31(24-12-5-6-13-25(24)34-26)20-27(32)30-16-14-29(15-17-30)23-10-3-2-4-11-23/h2-4,7-11,18-19,24-25H,5-6,12-17,20H2,1H3/b26-19+. The molecule has 1 aliphatic carbocycles. The molecule has 6 heteroatoms. The molecule has 0 N–H and O–H groups in total. The Kier molecular flexibility index (Phi) is 6.57. The van der Waals surface area contributed by atoms with Crippen molar-refractivity contribution in [1.82, 2.24) is 9.80 Å². The number of hydrogen-bond acceptors (Lipinski definition) is 4. The van der Waals surface area contributed by atoms with E-state index in [1.807, 2.05) is 60.4 Å². The van der Waals surface area contributed by atoms with Crippen molar-refractivity contribution in [3.05, 3.63) is 71.5 Å². The number of hydrogen-bond donors (Lipinski definition) is 0. The molecular formula is C28H33N3O3. The van der Waals surface area contributed by atoms with Gasteiger partial charge in [-0.05, 0) is 50.0 Å². The third-order valence-corrected chi connectivity index (χ3v) is 7.22. The number of benzene rings is 2. The molecular weight excluding hydrogens is 426 g/mol. The minimum Gasteiger partial charge on any atom is -0.482 e. The number of nitrogens with zero attached hydrogens (tertiary/aromatic N) is 3. The quantitative estimate of drug-likeness (QED) is 0.652. The normalized spacial score (nSPS) is 24.1. The number of carbonyl (C=O) groups is 2. The summed E-state index contributed by atoms with van der Waals surface area (Å²) in [5.41, 5.74) is 3.27. The maximum absolute atomic E-state index is 13.5. The van der Waals surface area contributed by atoms with Crippen molar-refractivity contribution >= 4 is 23.6 Å². The van der Waals surface area contributed by atoms with Gasteiger partial charge in [0.05, 0.1) is 6.04 Å². The number of amides is 2. The van der Waals surface area contributed by atoms with Crippen LogP contribution in [-0.2, 0) is 14.3 Å². The SMILES string of the molecule is Cc1cccc(/C=C2/OC3CCCCC3N(CC(=O)N3CCN(c4ccccc4)CC3)C2=O)c1. The minimum atomic E-state index is -0.166. The predicted molar refractivity (Wildman–Crippen MR) is 133 cm³/mol. The van der Waals surface area contributed by atoms with E-state index in [1.165, 1.54) is 5.69 Å². The van der Waals surface area contributed by atoms with Crippen LogP contribution in [0.5, 0.6) is 0 Å². The summed E-state index contributed by atoms with van der Waals surface area (Å²) in [5.74, 6) is 0.221. The van der Waals surface area contributed by atoms with Crippen molar-refractivity contribution < 1.29 is 14.3 Å². The van der Waals surface area contributed by atoms with Gasteiger partial charge in [0, 0.05) is 31.9 Å². The summed E-state index contributed by atoms with van der Waals surface area (Å²) in [5, 5.41) is 0. The molecule has 3 aliphatic rings. The van der Waals surface area contributed by atoms with Crippen molar-refractivity contribution in [1.29, 1.82) is 0 Å². The van der Waals surface area contributed by atoms with E-state index in [1.54, 1.807) is 4.90 Å². The molecule has 2 aromatic carbocycles. The van der Waals surface area contributed by atoms with Gasteiger partial charge in [0.1, 0.15) is 12.6 Å². The Morgan fingerprint density at radius 2 is 1.76 bits per heavy atom. The molecule has 2 saturated heterocycles. The number of rotatable bonds is 4. The number of carbonyl (C=O) groups excluding carboxylic acids is 2. The van der Waals surface area contributed by atoms with Crippen LogP contribution in [0.2, 0.25) is 0 Å². The maximum Gasteiger partial charge on any atom is 0.289 e. The van der Waals surface area contributed by atoms with Crippen molar-refractivity contribution in [3.63, 3.8) is 0 Å². The fourth-order valence-electron chi connectivity index (χ4n) is 5.37. The maximum atomic E-state index is 13.5. The number of morpholine rings is 1. The second-order valence-corrected chi connectivity index (χ2v) is 9.57. The van der Waals surface area contributed by atoms with Crippen LogP contribution in [0.15, 0.2) is 60.4 Å². The molecule has 2 unspecified atom stereocenters. The number of anilines is 1. The first kappa shape index (κ1) is 22.5. The summed E-state index contributed by atoms with van der Waals surface area (Å²) in [7, 11) is 0. The summed E-state index contributed by atoms with van der Waals surface area (Å²) >= 11 is 0. The molecule has 178 valence electrons. The molecule has 2 atom stereocenters. The van der Waals surface area contributed by atoms with Crippen molar-refractivity contribution in [3.8, 4) is 0 Å². The fraction of sp³-hybridized carbons (Fsp3) is 0.429.